The predicted octanol–water partition coefficient (Wildman–Crippen LogP) is 1.35. The molecule has 1 fully saturated rings. The number of amides is 3. The first-order valence-corrected chi connectivity index (χ1v) is 6.71. The highest BCUT2D eigenvalue weighted by Crippen LogP contribution is 2.11. The molecule has 20 heavy (non-hydrogen) atoms. The highest BCUT2D eigenvalue weighted by Gasteiger charge is 2.21. The number of likely N-dealkylation sites (N-methyl/N-ethyl adjacent to an activating group) is 1. The Hall–Kier alpha value is -2.24. The van der Waals surface area contributed by atoms with E-state index in [0.29, 0.717) is 11.4 Å². The van der Waals surface area contributed by atoms with Crippen LogP contribution in [0.25, 0.3) is 0 Å². The fourth-order valence-corrected chi connectivity index (χ4v) is 2.13. The molecule has 0 aromatic heterocycles. The van der Waals surface area contributed by atoms with Crippen LogP contribution in [-0.2, 0) is 4.79 Å². The third-order valence-electron chi connectivity index (χ3n) is 3.34. The maximum Gasteiger partial charge on any atom is 0.322 e. The molecule has 3 amide bonds. The molecule has 0 spiro atoms. The second kappa shape index (κ2) is 6.27. The summed E-state index contributed by atoms with van der Waals surface area (Å²) in [7, 11) is 1.61. The largest absolute Gasteiger partial charge is 0.399 e. The Balaban J connectivity index is 1.85. The van der Waals surface area contributed by atoms with E-state index in [1.54, 1.807) is 36.2 Å². The minimum absolute atomic E-state index is 0.00236. The number of anilines is 2. The summed E-state index contributed by atoms with van der Waals surface area (Å²) in [5.41, 5.74) is 6.88. The Morgan fingerprint density at radius 1 is 1.25 bits per heavy atom. The van der Waals surface area contributed by atoms with Crippen molar-refractivity contribution >= 4 is 23.3 Å². The molecule has 6 heteroatoms. The normalized spacial score (nSPS) is 14.2. The molecule has 1 aliphatic heterocycles. The fourth-order valence-electron chi connectivity index (χ4n) is 2.13. The molecule has 0 aliphatic carbocycles. The van der Waals surface area contributed by atoms with Crippen molar-refractivity contribution in [2.24, 2.45) is 0 Å². The van der Waals surface area contributed by atoms with Crippen molar-refractivity contribution in [1.29, 1.82) is 0 Å². The number of nitrogens with one attached hydrogen (secondary N) is 1. The second-order valence-electron chi connectivity index (χ2n) is 5.00. The quantitative estimate of drug-likeness (QED) is 0.818. The Morgan fingerprint density at radius 2 is 1.85 bits per heavy atom. The first-order chi connectivity index (χ1) is 9.56. The average Bonchev–Trinajstić information content (AvgIpc) is 2.95. The van der Waals surface area contributed by atoms with Crippen LogP contribution in [0.1, 0.15) is 12.8 Å². The van der Waals surface area contributed by atoms with Crippen LogP contribution in [0.5, 0.6) is 0 Å². The van der Waals surface area contributed by atoms with E-state index in [4.69, 9.17) is 5.73 Å². The van der Waals surface area contributed by atoms with E-state index in [9.17, 15) is 9.59 Å². The molecular weight excluding hydrogens is 256 g/mol. The van der Waals surface area contributed by atoms with Crippen LogP contribution in [-0.4, -0.2) is 48.4 Å². The molecule has 1 heterocycles. The minimum atomic E-state index is -0.303. The number of hydrogen-bond donors (Lipinski definition) is 2. The van der Waals surface area contributed by atoms with Crippen molar-refractivity contribution in [2.75, 3.05) is 37.7 Å². The molecule has 1 aromatic rings. The van der Waals surface area contributed by atoms with Crippen molar-refractivity contribution in [3.63, 3.8) is 0 Å². The molecule has 1 aliphatic rings. The van der Waals surface area contributed by atoms with Crippen molar-refractivity contribution in [3.05, 3.63) is 24.3 Å². The molecule has 0 bridgehead atoms. The van der Waals surface area contributed by atoms with E-state index in [2.05, 4.69) is 5.32 Å². The predicted molar refractivity (Wildman–Crippen MR) is 78.3 cm³/mol. The maximum atomic E-state index is 12.0. The lowest BCUT2D eigenvalue weighted by Crippen LogP contribution is -2.41. The molecule has 3 N–H and O–H groups in total. The Morgan fingerprint density at radius 3 is 2.45 bits per heavy atom. The molecular formula is C14H20N4O2. The van der Waals surface area contributed by atoms with Crippen LogP contribution >= 0.6 is 0 Å². The first-order valence-electron chi connectivity index (χ1n) is 6.71. The van der Waals surface area contributed by atoms with Gasteiger partial charge < -0.3 is 20.9 Å². The number of nitrogens with zero attached hydrogens (tertiary/aromatic N) is 2. The summed E-state index contributed by atoms with van der Waals surface area (Å²) < 4.78 is 0. The van der Waals surface area contributed by atoms with Crippen LogP contribution in [0.15, 0.2) is 24.3 Å². The van der Waals surface area contributed by atoms with Gasteiger partial charge in [-0.05, 0) is 37.1 Å². The van der Waals surface area contributed by atoms with Crippen LogP contribution < -0.4 is 11.1 Å². The number of likely N-dealkylation sites (tertiary alicyclic amines) is 1. The lowest BCUT2D eigenvalue weighted by Gasteiger charge is -2.21. The average molecular weight is 276 g/mol. The van der Waals surface area contributed by atoms with Crippen LogP contribution in [0.2, 0.25) is 0 Å². The summed E-state index contributed by atoms with van der Waals surface area (Å²) in [4.78, 5) is 27.1. The van der Waals surface area contributed by atoms with Gasteiger partial charge in [0.15, 0.2) is 0 Å². The lowest BCUT2D eigenvalue weighted by atomic mass is 10.3. The van der Waals surface area contributed by atoms with Gasteiger partial charge in [-0.15, -0.1) is 0 Å². The molecule has 1 aromatic carbocycles. The third kappa shape index (κ3) is 3.63. The SMILES string of the molecule is CN(CC(=O)N1CCCC1)C(=O)Nc1ccc(N)cc1. The van der Waals surface area contributed by atoms with Crippen LogP contribution in [0, 0.1) is 0 Å². The summed E-state index contributed by atoms with van der Waals surface area (Å²) >= 11 is 0. The van der Waals surface area contributed by atoms with E-state index in [1.807, 2.05) is 0 Å². The Kier molecular flexibility index (Phi) is 4.45. The van der Waals surface area contributed by atoms with Crippen molar-refractivity contribution < 1.29 is 9.59 Å². The topological polar surface area (TPSA) is 78.7 Å². The van der Waals surface area contributed by atoms with E-state index in [1.165, 1.54) is 4.90 Å². The van der Waals surface area contributed by atoms with Crippen molar-refractivity contribution in [1.82, 2.24) is 9.80 Å². The molecule has 0 radical (unpaired) electrons. The third-order valence-corrected chi connectivity index (χ3v) is 3.34. The van der Waals surface area contributed by atoms with Crippen LogP contribution in [0.4, 0.5) is 16.2 Å². The summed E-state index contributed by atoms with van der Waals surface area (Å²) in [6, 6.07) is 6.57. The van der Waals surface area contributed by atoms with Gasteiger partial charge in [0, 0.05) is 31.5 Å². The second-order valence-corrected chi connectivity index (χ2v) is 5.00. The van der Waals surface area contributed by atoms with Gasteiger partial charge in [0.1, 0.15) is 6.54 Å². The highest BCUT2D eigenvalue weighted by atomic mass is 16.2. The zero-order chi connectivity index (χ0) is 14.5. The number of benzene rings is 1. The van der Waals surface area contributed by atoms with E-state index in [-0.39, 0.29) is 18.5 Å². The Bertz CT molecular complexity index is 480. The standard InChI is InChI=1S/C14H20N4O2/c1-17(10-13(19)18-8-2-3-9-18)14(20)16-12-6-4-11(15)5-7-12/h4-7H,2-3,8-10,15H2,1H3,(H,16,20). The molecule has 2 rings (SSSR count). The minimum Gasteiger partial charge on any atom is -0.399 e. The summed E-state index contributed by atoms with van der Waals surface area (Å²) in [5, 5.41) is 2.73. The van der Waals surface area contributed by atoms with Crippen molar-refractivity contribution in [2.45, 2.75) is 12.8 Å². The van der Waals surface area contributed by atoms with Crippen molar-refractivity contribution in [3.8, 4) is 0 Å². The van der Waals surface area contributed by atoms with Gasteiger partial charge in [0.05, 0.1) is 0 Å². The van der Waals surface area contributed by atoms with E-state index in [0.717, 1.165) is 25.9 Å². The number of carbonyl (C=O) groups excluding carboxylic acids is 2. The Labute approximate surface area is 118 Å². The van der Waals surface area contributed by atoms with Gasteiger partial charge in [-0.25, -0.2) is 4.79 Å². The highest BCUT2D eigenvalue weighted by molar-refractivity contribution is 5.92. The van der Waals surface area contributed by atoms with Crippen LogP contribution in [0.3, 0.4) is 0 Å². The molecule has 108 valence electrons. The number of carbonyl (C=O) groups is 2. The van der Waals surface area contributed by atoms with Gasteiger partial charge in [0.2, 0.25) is 5.91 Å². The first kappa shape index (κ1) is 14.2. The lowest BCUT2D eigenvalue weighted by molar-refractivity contribution is -0.130. The zero-order valence-electron chi connectivity index (χ0n) is 11.6. The number of nitrogen functional groups attached to an aromatic ring is 1. The monoisotopic (exact) mass is 276 g/mol. The van der Waals surface area contributed by atoms with Gasteiger partial charge in [-0.2, -0.15) is 0 Å². The zero-order valence-corrected chi connectivity index (χ0v) is 11.6. The van der Waals surface area contributed by atoms with Gasteiger partial charge in [-0.3, -0.25) is 4.79 Å². The molecule has 0 unspecified atom stereocenters. The summed E-state index contributed by atoms with van der Waals surface area (Å²) in [6.45, 7) is 1.69. The summed E-state index contributed by atoms with van der Waals surface area (Å²) in [6.07, 6.45) is 2.10. The van der Waals surface area contributed by atoms with Gasteiger partial charge >= 0.3 is 6.03 Å². The number of urea groups is 1. The maximum absolute atomic E-state index is 12.0. The van der Waals surface area contributed by atoms with Gasteiger partial charge in [-0.1, -0.05) is 0 Å². The number of nitrogens with two attached hydrogens (primary N) is 1. The number of rotatable bonds is 3. The smallest absolute Gasteiger partial charge is 0.322 e. The molecule has 0 saturated carbocycles. The molecule has 1 saturated heterocycles. The van der Waals surface area contributed by atoms with E-state index >= 15 is 0 Å². The van der Waals surface area contributed by atoms with E-state index < -0.39 is 0 Å². The molecule has 0 atom stereocenters. The number of hydrogen-bond acceptors (Lipinski definition) is 3. The van der Waals surface area contributed by atoms with Gasteiger partial charge in [0.25, 0.3) is 0 Å². The fraction of sp³-hybridized carbons (Fsp3) is 0.429. The molecule has 6 nitrogen and oxygen atoms in total. The summed E-state index contributed by atoms with van der Waals surface area (Å²) in [5.74, 6) is -0.00236.